The number of ether oxygens (including phenoxy) is 1. The first-order valence-corrected chi connectivity index (χ1v) is 8.19. The van der Waals surface area contributed by atoms with Crippen LogP contribution in [0.25, 0.3) is 10.9 Å². The molecule has 25 heavy (non-hydrogen) atoms. The molecular formula is C19H20FN3O2. The third-order valence-corrected chi connectivity index (χ3v) is 3.85. The van der Waals surface area contributed by atoms with E-state index in [2.05, 4.69) is 35.5 Å². The standard InChI is InChI=1S/C19H20FN3O2/c1-14-3-4-15-12-22-23(18(15)11-14)10-2-9-21-19(24)13-25-17-7-5-16(20)6-8-17/h3-8,11-12H,2,9-10,13H2,1H3,(H,21,24). The first-order valence-electron chi connectivity index (χ1n) is 8.19. The largest absolute Gasteiger partial charge is 0.484 e. The molecule has 2 aromatic carbocycles. The lowest BCUT2D eigenvalue weighted by atomic mass is 10.2. The van der Waals surface area contributed by atoms with Crippen molar-refractivity contribution in [1.29, 1.82) is 0 Å². The van der Waals surface area contributed by atoms with Crippen LogP contribution in [-0.4, -0.2) is 28.8 Å². The number of rotatable bonds is 7. The van der Waals surface area contributed by atoms with E-state index < -0.39 is 0 Å². The number of carbonyl (C=O) groups excluding carboxylic acids is 1. The Morgan fingerprint density at radius 1 is 1.24 bits per heavy atom. The van der Waals surface area contributed by atoms with Crippen LogP contribution >= 0.6 is 0 Å². The molecule has 0 aliphatic rings. The summed E-state index contributed by atoms with van der Waals surface area (Å²) in [4.78, 5) is 11.8. The highest BCUT2D eigenvalue weighted by Crippen LogP contribution is 2.15. The van der Waals surface area contributed by atoms with Crippen LogP contribution in [0.15, 0.2) is 48.7 Å². The number of halogens is 1. The van der Waals surface area contributed by atoms with Crippen LogP contribution in [-0.2, 0) is 11.3 Å². The Labute approximate surface area is 145 Å². The molecule has 0 spiro atoms. The highest BCUT2D eigenvalue weighted by Gasteiger charge is 2.05. The zero-order chi connectivity index (χ0) is 17.6. The number of nitrogens with one attached hydrogen (secondary N) is 1. The van der Waals surface area contributed by atoms with Crippen molar-refractivity contribution in [3.8, 4) is 5.75 Å². The van der Waals surface area contributed by atoms with E-state index in [0.717, 1.165) is 23.9 Å². The summed E-state index contributed by atoms with van der Waals surface area (Å²) >= 11 is 0. The molecule has 6 heteroatoms. The van der Waals surface area contributed by atoms with Crippen LogP contribution in [0.4, 0.5) is 4.39 Å². The molecule has 5 nitrogen and oxygen atoms in total. The van der Waals surface area contributed by atoms with Crippen molar-refractivity contribution in [2.24, 2.45) is 0 Å². The van der Waals surface area contributed by atoms with E-state index in [4.69, 9.17) is 4.74 Å². The van der Waals surface area contributed by atoms with Crippen molar-refractivity contribution in [2.75, 3.05) is 13.2 Å². The minimum absolute atomic E-state index is 0.0878. The molecule has 1 heterocycles. The van der Waals surface area contributed by atoms with Gasteiger partial charge in [0.2, 0.25) is 0 Å². The van der Waals surface area contributed by atoms with Gasteiger partial charge in [0.25, 0.3) is 5.91 Å². The van der Waals surface area contributed by atoms with E-state index in [1.54, 1.807) is 0 Å². The lowest BCUT2D eigenvalue weighted by Gasteiger charge is -2.08. The van der Waals surface area contributed by atoms with Gasteiger partial charge in [-0.3, -0.25) is 9.48 Å². The lowest BCUT2D eigenvalue weighted by molar-refractivity contribution is -0.123. The number of benzene rings is 2. The summed E-state index contributed by atoms with van der Waals surface area (Å²) < 4.78 is 20.0. The van der Waals surface area contributed by atoms with Crippen LogP contribution in [0.5, 0.6) is 5.75 Å². The fourth-order valence-electron chi connectivity index (χ4n) is 2.55. The molecule has 0 fully saturated rings. The summed E-state index contributed by atoms with van der Waals surface area (Å²) in [5.41, 5.74) is 2.30. The molecule has 1 N–H and O–H groups in total. The van der Waals surface area contributed by atoms with Gasteiger partial charge in [0.15, 0.2) is 6.61 Å². The molecule has 0 atom stereocenters. The summed E-state index contributed by atoms with van der Waals surface area (Å²) in [5.74, 6) is -0.0708. The SMILES string of the molecule is Cc1ccc2cnn(CCCNC(=O)COc3ccc(F)cc3)c2c1. The Morgan fingerprint density at radius 2 is 2.04 bits per heavy atom. The maximum Gasteiger partial charge on any atom is 0.257 e. The summed E-state index contributed by atoms with van der Waals surface area (Å²) in [6.07, 6.45) is 2.62. The average Bonchev–Trinajstić information content (AvgIpc) is 3.00. The Morgan fingerprint density at radius 3 is 2.84 bits per heavy atom. The Bertz CT molecular complexity index is 859. The van der Waals surface area contributed by atoms with Crippen LogP contribution < -0.4 is 10.1 Å². The summed E-state index contributed by atoms with van der Waals surface area (Å²) in [7, 11) is 0. The Balaban J connectivity index is 1.41. The van der Waals surface area contributed by atoms with Gasteiger partial charge in [-0.1, -0.05) is 12.1 Å². The van der Waals surface area contributed by atoms with Crippen LogP contribution in [0.1, 0.15) is 12.0 Å². The van der Waals surface area contributed by atoms with Crippen molar-refractivity contribution in [3.63, 3.8) is 0 Å². The zero-order valence-electron chi connectivity index (χ0n) is 14.0. The minimum Gasteiger partial charge on any atom is -0.484 e. The van der Waals surface area contributed by atoms with Gasteiger partial charge in [0.1, 0.15) is 11.6 Å². The average molecular weight is 341 g/mol. The van der Waals surface area contributed by atoms with Gasteiger partial charge < -0.3 is 10.1 Å². The molecule has 1 aromatic heterocycles. The van der Waals surface area contributed by atoms with Gasteiger partial charge in [-0.15, -0.1) is 0 Å². The van der Waals surface area contributed by atoms with E-state index in [1.165, 1.54) is 29.8 Å². The predicted molar refractivity (Wildman–Crippen MR) is 94.0 cm³/mol. The number of hydrogen-bond acceptors (Lipinski definition) is 3. The van der Waals surface area contributed by atoms with E-state index in [9.17, 15) is 9.18 Å². The monoisotopic (exact) mass is 341 g/mol. The molecule has 0 aliphatic carbocycles. The molecule has 0 saturated carbocycles. The third kappa shape index (κ3) is 4.56. The molecule has 0 radical (unpaired) electrons. The topological polar surface area (TPSA) is 56.2 Å². The summed E-state index contributed by atoms with van der Waals surface area (Å²) in [5, 5.41) is 8.31. The maximum absolute atomic E-state index is 12.8. The number of amides is 1. The number of aromatic nitrogens is 2. The van der Waals surface area contributed by atoms with E-state index in [1.807, 2.05) is 10.9 Å². The molecule has 130 valence electrons. The summed E-state index contributed by atoms with van der Waals surface area (Å²) in [6.45, 7) is 3.23. The van der Waals surface area contributed by atoms with E-state index >= 15 is 0 Å². The zero-order valence-corrected chi connectivity index (χ0v) is 14.0. The third-order valence-electron chi connectivity index (χ3n) is 3.85. The number of nitrogens with zero attached hydrogens (tertiary/aromatic N) is 2. The fourth-order valence-corrected chi connectivity index (χ4v) is 2.55. The van der Waals surface area contributed by atoms with Gasteiger partial charge in [0.05, 0.1) is 11.7 Å². The first kappa shape index (κ1) is 17.0. The fraction of sp³-hybridized carbons (Fsp3) is 0.263. The molecule has 0 aliphatic heterocycles. The molecule has 0 saturated heterocycles. The van der Waals surface area contributed by atoms with Crippen molar-refractivity contribution in [1.82, 2.24) is 15.1 Å². The molecule has 1 amide bonds. The first-order chi connectivity index (χ1) is 12.1. The molecular weight excluding hydrogens is 321 g/mol. The van der Waals surface area contributed by atoms with E-state index in [0.29, 0.717) is 12.3 Å². The number of hydrogen-bond donors (Lipinski definition) is 1. The molecule has 3 rings (SSSR count). The predicted octanol–water partition coefficient (Wildman–Crippen LogP) is 3.07. The van der Waals surface area contributed by atoms with Crippen molar-refractivity contribution in [2.45, 2.75) is 19.9 Å². The van der Waals surface area contributed by atoms with Crippen LogP contribution in [0.2, 0.25) is 0 Å². The van der Waals surface area contributed by atoms with Crippen molar-refractivity contribution < 1.29 is 13.9 Å². The highest BCUT2D eigenvalue weighted by molar-refractivity contribution is 5.79. The Hall–Kier alpha value is -2.89. The van der Waals surface area contributed by atoms with Crippen molar-refractivity contribution in [3.05, 3.63) is 60.0 Å². The van der Waals surface area contributed by atoms with Gasteiger partial charge in [-0.05, 0) is 49.2 Å². The van der Waals surface area contributed by atoms with Gasteiger partial charge >= 0.3 is 0 Å². The number of fused-ring (bicyclic) bond motifs is 1. The van der Waals surface area contributed by atoms with Crippen LogP contribution in [0.3, 0.4) is 0 Å². The second-order valence-corrected chi connectivity index (χ2v) is 5.88. The highest BCUT2D eigenvalue weighted by atomic mass is 19.1. The summed E-state index contributed by atoms with van der Waals surface area (Å²) in [6, 6.07) is 11.8. The minimum atomic E-state index is -0.335. The van der Waals surface area contributed by atoms with E-state index in [-0.39, 0.29) is 18.3 Å². The van der Waals surface area contributed by atoms with Gasteiger partial charge in [-0.2, -0.15) is 5.10 Å². The number of carbonyl (C=O) groups is 1. The van der Waals surface area contributed by atoms with Crippen LogP contribution in [0, 0.1) is 12.7 Å². The molecule has 3 aromatic rings. The normalized spacial score (nSPS) is 10.8. The van der Waals surface area contributed by atoms with Gasteiger partial charge in [-0.25, -0.2) is 4.39 Å². The molecule has 0 bridgehead atoms. The van der Waals surface area contributed by atoms with Crippen molar-refractivity contribution >= 4 is 16.8 Å². The van der Waals surface area contributed by atoms with Gasteiger partial charge in [0, 0.05) is 18.5 Å². The number of aryl methyl sites for hydroxylation is 2. The second kappa shape index (κ2) is 7.79. The smallest absolute Gasteiger partial charge is 0.257 e. The lowest BCUT2D eigenvalue weighted by Crippen LogP contribution is -2.30. The quantitative estimate of drug-likeness (QED) is 0.672. The molecule has 0 unspecified atom stereocenters. The maximum atomic E-state index is 12.8. The Kier molecular flexibility index (Phi) is 5.28. The second-order valence-electron chi connectivity index (χ2n) is 5.88.